The number of aliphatic hydroxyl groups excluding tert-OH is 1. The molecule has 10 nitrogen and oxygen atoms in total. The van der Waals surface area contributed by atoms with E-state index in [1.165, 1.54) is 6.42 Å². The van der Waals surface area contributed by atoms with E-state index in [1.807, 2.05) is 20.8 Å². The number of benzene rings is 1. The largest absolute Gasteiger partial charge is 0.485 e. The fourth-order valence-electron chi connectivity index (χ4n) is 4.86. The first-order chi connectivity index (χ1) is 17.6. The van der Waals surface area contributed by atoms with Gasteiger partial charge in [0.15, 0.2) is 5.75 Å². The molecular weight excluding hydrogens is 474 g/mol. The quantitative estimate of drug-likeness (QED) is 0.441. The van der Waals surface area contributed by atoms with E-state index in [4.69, 9.17) is 4.74 Å². The Balaban J connectivity index is 1.91. The van der Waals surface area contributed by atoms with Gasteiger partial charge in [0, 0.05) is 31.6 Å². The van der Waals surface area contributed by atoms with Crippen molar-refractivity contribution in [2.24, 2.45) is 5.92 Å². The number of carbonyl (C=O) groups is 3. The number of likely N-dealkylation sites (N-methyl/N-ethyl adjacent to an activating group) is 1. The smallest absolute Gasteiger partial charge is 0.319 e. The lowest BCUT2D eigenvalue weighted by molar-refractivity contribution is 0.0368. The number of nitrogens with zero attached hydrogens (tertiary/aromatic N) is 2. The van der Waals surface area contributed by atoms with Gasteiger partial charge >= 0.3 is 12.1 Å². The molecule has 0 saturated heterocycles. The summed E-state index contributed by atoms with van der Waals surface area (Å²) in [4.78, 5) is 42.3. The second-order valence-electron chi connectivity index (χ2n) is 10.7. The average molecular weight is 518 g/mol. The first kappa shape index (κ1) is 28.6. The number of hydrogen-bond donors (Lipinski definition) is 4. The van der Waals surface area contributed by atoms with Crippen LogP contribution in [-0.4, -0.2) is 83.8 Å². The number of fused-ring (bicyclic) bond motifs is 1. The summed E-state index contributed by atoms with van der Waals surface area (Å²) in [7, 11) is 1.70. The van der Waals surface area contributed by atoms with Crippen LogP contribution in [0.15, 0.2) is 18.2 Å². The number of hydrogen-bond acceptors (Lipinski definition) is 5. The second-order valence-corrected chi connectivity index (χ2v) is 10.7. The first-order valence-corrected chi connectivity index (χ1v) is 13.4. The normalized spacial score (nSPS) is 21.3. The highest BCUT2D eigenvalue weighted by molar-refractivity contribution is 6.01. The van der Waals surface area contributed by atoms with E-state index < -0.39 is 12.1 Å². The van der Waals surface area contributed by atoms with Gasteiger partial charge in [-0.1, -0.05) is 32.3 Å². The van der Waals surface area contributed by atoms with Crippen LogP contribution >= 0.6 is 0 Å². The van der Waals surface area contributed by atoms with Crippen LogP contribution in [-0.2, 0) is 0 Å². The summed E-state index contributed by atoms with van der Waals surface area (Å²) in [5.74, 6) is -0.163. The standard InChI is InChI=1S/C27H43N5O5/c1-17(2)28-27(36)31(5)15-23-18(3)14-32(19(4)16-33)25(34)21-12-9-13-22(24(21)37-23)30-26(35)29-20-10-7-6-8-11-20/h9,12-13,17-20,23,33H,6-8,10-11,14-16H2,1-5H3,(H,28,36)(H2,29,30,35)/t18-,19+,23-/m1/s1. The van der Waals surface area contributed by atoms with E-state index in [0.29, 0.717) is 17.8 Å². The number of para-hydroxylation sites is 1. The molecule has 4 N–H and O–H groups in total. The van der Waals surface area contributed by atoms with Gasteiger partial charge in [0.2, 0.25) is 0 Å². The molecule has 3 atom stereocenters. The number of anilines is 1. The zero-order valence-corrected chi connectivity index (χ0v) is 22.8. The van der Waals surface area contributed by atoms with Crippen LogP contribution in [0.2, 0.25) is 0 Å². The Labute approximate surface area is 220 Å². The Morgan fingerprint density at radius 1 is 1.19 bits per heavy atom. The Kier molecular flexibility index (Phi) is 10.0. The number of ether oxygens (including phenoxy) is 1. The maximum Gasteiger partial charge on any atom is 0.319 e. The van der Waals surface area contributed by atoms with Crippen molar-refractivity contribution in [3.8, 4) is 5.75 Å². The Morgan fingerprint density at radius 2 is 1.89 bits per heavy atom. The lowest BCUT2D eigenvalue weighted by atomic mass is 9.96. The summed E-state index contributed by atoms with van der Waals surface area (Å²) >= 11 is 0. The fraction of sp³-hybridized carbons (Fsp3) is 0.667. The minimum atomic E-state index is -0.465. The third-order valence-corrected chi connectivity index (χ3v) is 7.09. The lowest BCUT2D eigenvalue weighted by Gasteiger charge is -2.38. The van der Waals surface area contributed by atoms with Crippen molar-refractivity contribution in [1.82, 2.24) is 20.4 Å². The van der Waals surface area contributed by atoms with Gasteiger partial charge in [-0.15, -0.1) is 0 Å². The molecule has 5 amide bonds. The molecule has 10 heteroatoms. The molecule has 0 unspecified atom stereocenters. The Bertz CT molecular complexity index is 949. The number of nitrogens with one attached hydrogen (secondary N) is 3. The number of urea groups is 2. The molecule has 206 valence electrons. The van der Waals surface area contributed by atoms with Crippen molar-refractivity contribution in [2.45, 2.75) is 84.0 Å². The maximum absolute atomic E-state index is 13.6. The van der Waals surface area contributed by atoms with Crippen molar-refractivity contribution < 1.29 is 24.2 Å². The predicted molar refractivity (Wildman–Crippen MR) is 143 cm³/mol. The molecule has 1 aromatic carbocycles. The SMILES string of the molecule is CC(C)NC(=O)N(C)C[C@H]1Oc2c(NC(=O)NC3CCCCC3)cccc2C(=O)N([C@@H](C)CO)C[C@H]1C. The fourth-order valence-corrected chi connectivity index (χ4v) is 4.86. The second kappa shape index (κ2) is 13.0. The molecule has 1 fully saturated rings. The average Bonchev–Trinajstić information content (AvgIpc) is 2.86. The molecule has 3 rings (SSSR count). The van der Waals surface area contributed by atoms with Gasteiger partial charge in [-0.25, -0.2) is 9.59 Å². The van der Waals surface area contributed by atoms with E-state index in [2.05, 4.69) is 16.0 Å². The van der Waals surface area contributed by atoms with Crippen LogP contribution in [0.5, 0.6) is 5.75 Å². The summed E-state index contributed by atoms with van der Waals surface area (Å²) in [6.07, 6.45) is 4.82. The third-order valence-electron chi connectivity index (χ3n) is 7.09. The van der Waals surface area contributed by atoms with Gasteiger partial charge in [0.1, 0.15) is 6.10 Å². The zero-order valence-electron chi connectivity index (χ0n) is 22.8. The van der Waals surface area contributed by atoms with E-state index >= 15 is 0 Å². The molecule has 0 radical (unpaired) electrons. The summed E-state index contributed by atoms with van der Waals surface area (Å²) in [6.45, 7) is 7.99. The molecule has 1 aromatic rings. The van der Waals surface area contributed by atoms with Crippen LogP contribution in [0.3, 0.4) is 0 Å². The highest BCUT2D eigenvalue weighted by atomic mass is 16.5. The number of rotatable bonds is 7. The molecule has 1 aliphatic heterocycles. The number of amides is 5. The highest BCUT2D eigenvalue weighted by Crippen LogP contribution is 2.35. The summed E-state index contributed by atoms with van der Waals surface area (Å²) in [5.41, 5.74) is 0.700. The van der Waals surface area contributed by atoms with Gasteiger partial charge in [0.05, 0.1) is 30.4 Å². The van der Waals surface area contributed by atoms with Crippen LogP contribution < -0.4 is 20.7 Å². The minimum absolute atomic E-state index is 0.0108. The van der Waals surface area contributed by atoms with E-state index in [9.17, 15) is 19.5 Å². The van der Waals surface area contributed by atoms with Crippen molar-refractivity contribution in [3.63, 3.8) is 0 Å². The first-order valence-electron chi connectivity index (χ1n) is 13.4. The van der Waals surface area contributed by atoms with Crippen LogP contribution in [0.25, 0.3) is 0 Å². The molecule has 1 aliphatic carbocycles. The van der Waals surface area contributed by atoms with Crippen molar-refractivity contribution in [1.29, 1.82) is 0 Å². The molecule has 0 bridgehead atoms. The van der Waals surface area contributed by atoms with Crippen LogP contribution in [0, 0.1) is 5.92 Å². The van der Waals surface area contributed by atoms with Crippen LogP contribution in [0.1, 0.15) is 70.2 Å². The summed E-state index contributed by atoms with van der Waals surface area (Å²) in [5, 5.41) is 18.7. The van der Waals surface area contributed by atoms with Gasteiger partial charge in [-0.05, 0) is 45.7 Å². The molecule has 37 heavy (non-hydrogen) atoms. The molecule has 0 aromatic heterocycles. The monoisotopic (exact) mass is 517 g/mol. The number of carbonyl (C=O) groups excluding carboxylic acids is 3. The zero-order chi connectivity index (χ0) is 27.1. The number of aliphatic hydroxyl groups is 1. The topological polar surface area (TPSA) is 123 Å². The van der Waals surface area contributed by atoms with Crippen molar-refractivity contribution >= 4 is 23.7 Å². The van der Waals surface area contributed by atoms with Gasteiger partial charge in [-0.2, -0.15) is 0 Å². The third kappa shape index (κ3) is 7.50. The van der Waals surface area contributed by atoms with Gasteiger partial charge in [-0.3, -0.25) is 4.79 Å². The summed E-state index contributed by atoms with van der Waals surface area (Å²) < 4.78 is 6.45. The van der Waals surface area contributed by atoms with Gasteiger partial charge in [0.25, 0.3) is 5.91 Å². The Hall–Kier alpha value is -3.01. The molecular formula is C27H43N5O5. The molecule has 1 saturated carbocycles. The molecule has 1 heterocycles. The van der Waals surface area contributed by atoms with E-state index in [-0.39, 0.29) is 54.9 Å². The maximum atomic E-state index is 13.6. The summed E-state index contributed by atoms with van der Waals surface area (Å²) in [6, 6.07) is 4.24. The van der Waals surface area contributed by atoms with Crippen molar-refractivity contribution in [3.05, 3.63) is 23.8 Å². The molecule has 2 aliphatic rings. The van der Waals surface area contributed by atoms with E-state index in [0.717, 1.165) is 25.7 Å². The lowest BCUT2D eigenvalue weighted by Crippen LogP contribution is -2.51. The van der Waals surface area contributed by atoms with Crippen molar-refractivity contribution in [2.75, 3.05) is 32.1 Å². The highest BCUT2D eigenvalue weighted by Gasteiger charge is 2.35. The molecule has 0 spiro atoms. The van der Waals surface area contributed by atoms with Gasteiger partial charge < -0.3 is 35.6 Å². The minimum Gasteiger partial charge on any atom is -0.485 e. The Morgan fingerprint density at radius 3 is 2.54 bits per heavy atom. The predicted octanol–water partition coefficient (Wildman–Crippen LogP) is 3.41. The van der Waals surface area contributed by atoms with E-state index in [1.54, 1.807) is 42.0 Å². The van der Waals surface area contributed by atoms with Crippen LogP contribution in [0.4, 0.5) is 15.3 Å².